The normalized spacial score (nSPS) is 26.8. The lowest BCUT2D eigenvalue weighted by Gasteiger charge is -2.37. The van der Waals surface area contributed by atoms with Crippen LogP contribution in [0.2, 0.25) is 0 Å². The molecule has 0 aliphatic carbocycles. The maximum absolute atomic E-state index is 12.8. The molecule has 0 spiro atoms. The van der Waals surface area contributed by atoms with E-state index >= 15 is 0 Å². The number of carbonyl (C=O) groups is 2. The number of allylic oxidation sites excluding steroid dienone is 1. The minimum atomic E-state index is -0.574. The van der Waals surface area contributed by atoms with E-state index in [0.717, 1.165) is 0 Å². The highest BCUT2D eigenvalue weighted by molar-refractivity contribution is 5.83. The van der Waals surface area contributed by atoms with Crippen molar-refractivity contribution in [2.45, 2.75) is 39.4 Å². The number of nitrogens with one attached hydrogen (secondary N) is 1. The molecule has 26 heavy (non-hydrogen) atoms. The van der Waals surface area contributed by atoms with Gasteiger partial charge < -0.3 is 19.9 Å². The smallest absolute Gasteiger partial charge is 0.258 e. The van der Waals surface area contributed by atoms with Gasteiger partial charge in [-0.15, -0.1) is 0 Å². The van der Waals surface area contributed by atoms with Crippen molar-refractivity contribution >= 4 is 17.9 Å². The van der Waals surface area contributed by atoms with Crippen LogP contribution in [0.5, 0.6) is 0 Å². The third-order valence-electron chi connectivity index (χ3n) is 5.44. The minimum absolute atomic E-state index is 0.132. The molecule has 2 aliphatic rings. The molecule has 1 fully saturated rings. The largest absolute Gasteiger partial charge is 0.396 e. The van der Waals surface area contributed by atoms with E-state index in [9.17, 15) is 19.5 Å². The first kappa shape index (κ1) is 18.4. The number of aliphatic hydroxyl groups is 1. The highest BCUT2D eigenvalue weighted by atomic mass is 16.3. The van der Waals surface area contributed by atoms with Crippen LogP contribution >= 0.6 is 0 Å². The average molecular weight is 359 g/mol. The molecule has 2 N–H and O–H groups in total. The van der Waals surface area contributed by atoms with Gasteiger partial charge in [0.1, 0.15) is 0 Å². The highest BCUT2D eigenvalue weighted by Gasteiger charge is 2.56. The third-order valence-corrected chi connectivity index (χ3v) is 5.44. The summed E-state index contributed by atoms with van der Waals surface area (Å²) in [5.74, 6) is -1.32. The molecule has 0 aromatic carbocycles. The molecule has 3 heterocycles. The first-order valence-corrected chi connectivity index (χ1v) is 9.00. The topological polar surface area (TPSA) is 91.6 Å². The standard InChI is InChI=1S/C19H25N3O4/c1-4-6-12-7-8-14-17-16(18(25)20-5-2)13(10-23)15(22(17)11(3)24)9-21(14)19(12)26/h4,6-8,13,15-17,23H,5,9-10H2,1-3H3,(H,20,25)/b6-4-/t13-,15-,16+,17+/m0/s1. The molecule has 7 nitrogen and oxygen atoms in total. The molecule has 0 unspecified atom stereocenters. The molecule has 140 valence electrons. The van der Waals surface area contributed by atoms with Crippen molar-refractivity contribution < 1.29 is 14.7 Å². The zero-order valence-corrected chi connectivity index (χ0v) is 15.3. The fraction of sp³-hybridized carbons (Fsp3) is 0.526. The fourth-order valence-corrected chi connectivity index (χ4v) is 4.45. The highest BCUT2D eigenvalue weighted by Crippen LogP contribution is 2.48. The Kier molecular flexibility index (Phi) is 5.00. The van der Waals surface area contributed by atoms with Crippen LogP contribution in [0.1, 0.15) is 38.1 Å². The number of pyridine rings is 1. The second-order valence-electron chi connectivity index (χ2n) is 6.83. The van der Waals surface area contributed by atoms with Crippen molar-refractivity contribution in [3.8, 4) is 0 Å². The van der Waals surface area contributed by atoms with Crippen LogP contribution < -0.4 is 10.9 Å². The van der Waals surface area contributed by atoms with Gasteiger partial charge in [-0.25, -0.2) is 0 Å². The minimum Gasteiger partial charge on any atom is -0.396 e. The Morgan fingerprint density at radius 3 is 2.69 bits per heavy atom. The zero-order chi connectivity index (χ0) is 19.0. The van der Waals surface area contributed by atoms with Gasteiger partial charge in [0.05, 0.1) is 18.0 Å². The molecule has 2 bridgehead atoms. The number of aromatic nitrogens is 1. The second-order valence-corrected chi connectivity index (χ2v) is 6.83. The maximum atomic E-state index is 12.8. The summed E-state index contributed by atoms with van der Waals surface area (Å²) in [7, 11) is 0. The summed E-state index contributed by atoms with van der Waals surface area (Å²) >= 11 is 0. The molecule has 2 aliphatic heterocycles. The van der Waals surface area contributed by atoms with Crippen LogP contribution in [0.15, 0.2) is 23.0 Å². The summed E-state index contributed by atoms with van der Waals surface area (Å²) in [6.07, 6.45) is 3.55. The number of hydrogen-bond acceptors (Lipinski definition) is 4. The van der Waals surface area contributed by atoms with Gasteiger partial charge in [0.2, 0.25) is 11.8 Å². The summed E-state index contributed by atoms with van der Waals surface area (Å²) in [5.41, 5.74) is 1.09. The summed E-state index contributed by atoms with van der Waals surface area (Å²) in [4.78, 5) is 39.6. The summed E-state index contributed by atoms with van der Waals surface area (Å²) in [6.45, 7) is 5.69. The predicted octanol–water partition coefficient (Wildman–Crippen LogP) is 0.528. The predicted molar refractivity (Wildman–Crippen MR) is 97.2 cm³/mol. The van der Waals surface area contributed by atoms with Crippen molar-refractivity contribution in [2.75, 3.05) is 13.2 Å². The Morgan fingerprint density at radius 1 is 1.38 bits per heavy atom. The number of nitrogens with zero attached hydrogens (tertiary/aromatic N) is 2. The lowest BCUT2D eigenvalue weighted by molar-refractivity contribution is -0.134. The Hall–Kier alpha value is -2.41. The number of carbonyl (C=O) groups excluding carboxylic acids is 2. The molecule has 4 atom stereocenters. The SMILES string of the molecule is C/C=C\c1ccc2n(c1=O)C[C@H]1[C@H](CO)[C@@H](C(=O)NCC)[C@@H]2N1C(C)=O. The van der Waals surface area contributed by atoms with Gasteiger partial charge in [-0.1, -0.05) is 12.2 Å². The van der Waals surface area contributed by atoms with Gasteiger partial charge in [-0.05, 0) is 26.0 Å². The van der Waals surface area contributed by atoms with E-state index in [2.05, 4.69) is 5.32 Å². The Morgan fingerprint density at radius 2 is 2.12 bits per heavy atom. The lowest BCUT2D eigenvalue weighted by Crippen LogP contribution is -2.48. The van der Waals surface area contributed by atoms with Crippen molar-refractivity contribution in [3.63, 3.8) is 0 Å². The van der Waals surface area contributed by atoms with Crippen molar-refractivity contribution in [3.05, 3.63) is 39.8 Å². The molecule has 1 saturated heterocycles. The van der Waals surface area contributed by atoms with E-state index in [0.29, 0.717) is 17.8 Å². The molecule has 1 aromatic heterocycles. The number of fused-ring (bicyclic) bond motifs is 4. The summed E-state index contributed by atoms with van der Waals surface area (Å²) in [5, 5.41) is 12.8. The van der Waals surface area contributed by atoms with Gasteiger partial charge in [0, 0.05) is 43.8 Å². The van der Waals surface area contributed by atoms with Crippen LogP contribution in [0.25, 0.3) is 6.08 Å². The van der Waals surface area contributed by atoms with Gasteiger partial charge in [0.25, 0.3) is 5.56 Å². The van der Waals surface area contributed by atoms with Crippen LogP contribution in [0, 0.1) is 11.8 Å². The van der Waals surface area contributed by atoms with E-state index in [-0.39, 0.29) is 36.6 Å². The van der Waals surface area contributed by atoms with Gasteiger partial charge in [0.15, 0.2) is 0 Å². The fourth-order valence-electron chi connectivity index (χ4n) is 4.45. The van der Waals surface area contributed by atoms with Gasteiger partial charge >= 0.3 is 0 Å². The zero-order valence-electron chi connectivity index (χ0n) is 15.3. The molecule has 7 heteroatoms. The van der Waals surface area contributed by atoms with Crippen molar-refractivity contribution in [1.29, 1.82) is 0 Å². The van der Waals surface area contributed by atoms with E-state index in [4.69, 9.17) is 0 Å². The van der Waals surface area contributed by atoms with E-state index in [1.807, 2.05) is 19.9 Å². The van der Waals surface area contributed by atoms with Gasteiger partial charge in [-0.3, -0.25) is 14.4 Å². The molecule has 0 saturated carbocycles. The number of hydrogen-bond donors (Lipinski definition) is 2. The van der Waals surface area contributed by atoms with Crippen LogP contribution in [0.3, 0.4) is 0 Å². The van der Waals surface area contributed by atoms with Crippen LogP contribution in [-0.2, 0) is 16.1 Å². The molecular formula is C19H25N3O4. The molecule has 3 rings (SSSR count). The Labute approximate surface area is 152 Å². The number of amides is 2. The number of aliphatic hydroxyl groups excluding tert-OH is 1. The maximum Gasteiger partial charge on any atom is 0.258 e. The molecular weight excluding hydrogens is 334 g/mol. The Balaban J connectivity index is 2.18. The summed E-state index contributed by atoms with van der Waals surface area (Å²) < 4.78 is 1.66. The van der Waals surface area contributed by atoms with Crippen molar-refractivity contribution in [2.24, 2.45) is 11.8 Å². The summed E-state index contributed by atoms with van der Waals surface area (Å²) in [6, 6.07) is 2.64. The van der Waals surface area contributed by atoms with Crippen LogP contribution in [0.4, 0.5) is 0 Å². The second kappa shape index (κ2) is 7.07. The van der Waals surface area contributed by atoms with Gasteiger partial charge in [-0.2, -0.15) is 0 Å². The number of rotatable bonds is 4. The quantitative estimate of drug-likeness (QED) is 0.820. The first-order chi connectivity index (χ1) is 12.5. The average Bonchev–Trinajstić information content (AvgIpc) is 2.85. The van der Waals surface area contributed by atoms with Crippen LogP contribution in [-0.4, -0.2) is 45.6 Å². The monoisotopic (exact) mass is 359 g/mol. The first-order valence-electron chi connectivity index (χ1n) is 9.00. The Bertz CT molecular complexity index is 813. The third kappa shape index (κ3) is 2.67. The molecule has 1 aromatic rings. The molecule has 0 radical (unpaired) electrons. The molecule has 2 amide bonds. The van der Waals surface area contributed by atoms with E-state index in [1.54, 1.807) is 27.7 Å². The van der Waals surface area contributed by atoms with Crippen molar-refractivity contribution in [1.82, 2.24) is 14.8 Å². The van der Waals surface area contributed by atoms with E-state index in [1.165, 1.54) is 6.92 Å². The van der Waals surface area contributed by atoms with E-state index < -0.39 is 17.9 Å². The lowest BCUT2D eigenvalue weighted by atomic mass is 9.86.